The fourth-order valence-corrected chi connectivity index (χ4v) is 1.78. The number of anilines is 1. The number of hydroxylamine groups is 1. The second kappa shape index (κ2) is 6.21. The SMILES string of the molecule is CC(=O)N(Oc1ccc(C(C)C)cc1)c1ccnc(=O)[nH]1. The molecule has 2 rings (SSSR count). The lowest BCUT2D eigenvalue weighted by molar-refractivity contribution is -0.120. The molecule has 1 aromatic heterocycles. The minimum Gasteiger partial charge on any atom is -0.370 e. The van der Waals surface area contributed by atoms with Gasteiger partial charge < -0.3 is 4.84 Å². The van der Waals surface area contributed by atoms with Crippen molar-refractivity contribution in [1.82, 2.24) is 9.97 Å². The summed E-state index contributed by atoms with van der Waals surface area (Å²) in [5, 5.41) is 1.02. The number of benzene rings is 1. The summed E-state index contributed by atoms with van der Waals surface area (Å²) >= 11 is 0. The Balaban J connectivity index is 2.24. The largest absolute Gasteiger partial charge is 0.370 e. The van der Waals surface area contributed by atoms with Gasteiger partial charge in [-0.3, -0.25) is 9.78 Å². The Labute approximate surface area is 122 Å². The monoisotopic (exact) mass is 287 g/mol. The van der Waals surface area contributed by atoms with Gasteiger partial charge in [0.1, 0.15) is 0 Å². The van der Waals surface area contributed by atoms with Crippen molar-refractivity contribution in [2.24, 2.45) is 0 Å². The van der Waals surface area contributed by atoms with Crippen LogP contribution in [0.2, 0.25) is 0 Å². The quantitative estimate of drug-likeness (QED) is 0.875. The number of rotatable bonds is 4. The normalized spacial score (nSPS) is 10.5. The Morgan fingerprint density at radius 2 is 1.90 bits per heavy atom. The molecule has 0 atom stereocenters. The molecule has 0 saturated carbocycles. The van der Waals surface area contributed by atoms with Crippen LogP contribution in [0.3, 0.4) is 0 Å². The van der Waals surface area contributed by atoms with Crippen LogP contribution in [0.1, 0.15) is 32.3 Å². The molecule has 1 aromatic carbocycles. The van der Waals surface area contributed by atoms with Gasteiger partial charge >= 0.3 is 5.69 Å². The third kappa shape index (κ3) is 3.68. The number of hydrogen-bond acceptors (Lipinski definition) is 4. The lowest BCUT2D eigenvalue weighted by atomic mass is 10.0. The summed E-state index contributed by atoms with van der Waals surface area (Å²) in [4.78, 5) is 34.4. The highest BCUT2D eigenvalue weighted by atomic mass is 16.7. The first kappa shape index (κ1) is 14.8. The maximum absolute atomic E-state index is 11.7. The maximum atomic E-state index is 11.7. The molecule has 1 N–H and O–H groups in total. The summed E-state index contributed by atoms with van der Waals surface area (Å²) in [5.41, 5.74) is 0.631. The highest BCUT2D eigenvalue weighted by molar-refractivity contribution is 5.88. The minimum absolute atomic E-state index is 0.232. The topological polar surface area (TPSA) is 75.3 Å². The number of H-pyrrole nitrogens is 1. The van der Waals surface area contributed by atoms with Crippen molar-refractivity contribution in [2.75, 3.05) is 5.06 Å². The number of aromatic nitrogens is 2. The lowest BCUT2D eigenvalue weighted by Gasteiger charge is -2.20. The van der Waals surface area contributed by atoms with Crippen LogP contribution in [0.4, 0.5) is 5.82 Å². The highest BCUT2D eigenvalue weighted by Gasteiger charge is 2.15. The van der Waals surface area contributed by atoms with Crippen molar-refractivity contribution in [1.29, 1.82) is 0 Å². The molecule has 0 aliphatic carbocycles. The predicted molar refractivity (Wildman–Crippen MR) is 79.2 cm³/mol. The molecule has 0 aliphatic heterocycles. The van der Waals surface area contributed by atoms with E-state index in [0.29, 0.717) is 11.7 Å². The Morgan fingerprint density at radius 3 is 2.43 bits per heavy atom. The maximum Gasteiger partial charge on any atom is 0.346 e. The van der Waals surface area contributed by atoms with E-state index in [1.807, 2.05) is 12.1 Å². The van der Waals surface area contributed by atoms with E-state index >= 15 is 0 Å². The zero-order valence-electron chi connectivity index (χ0n) is 12.2. The van der Waals surface area contributed by atoms with Crippen LogP contribution in [-0.4, -0.2) is 15.9 Å². The van der Waals surface area contributed by atoms with Gasteiger partial charge in [-0.25, -0.2) is 9.78 Å². The molecule has 2 aromatic rings. The molecule has 0 spiro atoms. The van der Waals surface area contributed by atoms with Crippen LogP contribution in [0, 0.1) is 0 Å². The van der Waals surface area contributed by atoms with Crippen LogP contribution < -0.4 is 15.6 Å². The minimum atomic E-state index is -0.544. The standard InChI is InChI=1S/C15H17N3O3/c1-10(2)12-4-6-13(7-5-12)21-18(11(3)19)14-8-9-16-15(20)17-14/h4-10H,1-3H3,(H,16,17,20). The van der Waals surface area contributed by atoms with Crippen molar-refractivity contribution in [3.8, 4) is 5.75 Å². The smallest absolute Gasteiger partial charge is 0.346 e. The van der Waals surface area contributed by atoms with Gasteiger partial charge in [-0.15, -0.1) is 5.06 Å². The van der Waals surface area contributed by atoms with E-state index in [1.165, 1.54) is 24.8 Å². The van der Waals surface area contributed by atoms with Gasteiger partial charge in [0.15, 0.2) is 11.6 Å². The summed E-state index contributed by atoms with van der Waals surface area (Å²) in [7, 11) is 0. The van der Waals surface area contributed by atoms with Crippen LogP contribution in [0.5, 0.6) is 5.75 Å². The number of carbonyl (C=O) groups excluding carboxylic acids is 1. The average Bonchev–Trinajstić information content (AvgIpc) is 2.45. The van der Waals surface area contributed by atoms with Crippen LogP contribution in [0.15, 0.2) is 41.3 Å². The molecular formula is C15H17N3O3. The molecule has 0 bridgehead atoms. The molecule has 0 unspecified atom stereocenters. The van der Waals surface area contributed by atoms with Crippen molar-refractivity contribution in [3.05, 3.63) is 52.6 Å². The molecule has 1 amide bonds. The molecule has 0 aliphatic rings. The summed E-state index contributed by atoms with van der Waals surface area (Å²) in [6, 6.07) is 8.93. The van der Waals surface area contributed by atoms with Crippen molar-refractivity contribution < 1.29 is 9.63 Å². The first-order valence-corrected chi connectivity index (χ1v) is 6.61. The van der Waals surface area contributed by atoms with Gasteiger partial charge in [-0.2, -0.15) is 0 Å². The molecule has 6 heteroatoms. The Kier molecular flexibility index (Phi) is 4.37. The second-order valence-corrected chi connectivity index (χ2v) is 4.89. The molecule has 6 nitrogen and oxygen atoms in total. The number of aromatic amines is 1. The van der Waals surface area contributed by atoms with E-state index in [1.54, 1.807) is 12.1 Å². The summed E-state index contributed by atoms with van der Waals surface area (Å²) in [5.74, 6) is 0.798. The Bertz CT molecular complexity index is 677. The predicted octanol–water partition coefficient (Wildman–Crippen LogP) is 2.24. The molecule has 0 fully saturated rings. The number of nitrogens with one attached hydrogen (secondary N) is 1. The third-order valence-electron chi connectivity index (χ3n) is 2.91. The number of amides is 1. The van der Waals surface area contributed by atoms with Gasteiger partial charge in [-0.1, -0.05) is 26.0 Å². The number of hydrogen-bond donors (Lipinski definition) is 1. The van der Waals surface area contributed by atoms with Crippen LogP contribution in [-0.2, 0) is 4.79 Å². The Morgan fingerprint density at radius 1 is 1.24 bits per heavy atom. The molecular weight excluding hydrogens is 270 g/mol. The van der Waals surface area contributed by atoms with Crippen molar-refractivity contribution in [3.63, 3.8) is 0 Å². The summed E-state index contributed by atoms with van der Waals surface area (Å²) in [6.45, 7) is 5.54. The number of carbonyl (C=O) groups is 1. The Hall–Kier alpha value is -2.63. The fraction of sp³-hybridized carbons (Fsp3) is 0.267. The van der Waals surface area contributed by atoms with Gasteiger partial charge in [-0.05, 0) is 23.6 Å². The van der Waals surface area contributed by atoms with Crippen molar-refractivity contribution >= 4 is 11.7 Å². The number of nitrogens with zero attached hydrogens (tertiary/aromatic N) is 2. The average molecular weight is 287 g/mol. The van der Waals surface area contributed by atoms with Crippen LogP contribution in [0.25, 0.3) is 0 Å². The molecule has 110 valence electrons. The highest BCUT2D eigenvalue weighted by Crippen LogP contribution is 2.20. The van der Waals surface area contributed by atoms with Gasteiger partial charge in [0.25, 0.3) is 5.91 Å². The van der Waals surface area contributed by atoms with E-state index in [-0.39, 0.29) is 11.7 Å². The third-order valence-corrected chi connectivity index (χ3v) is 2.91. The lowest BCUT2D eigenvalue weighted by Crippen LogP contribution is -2.34. The second-order valence-electron chi connectivity index (χ2n) is 4.89. The summed E-state index contributed by atoms with van der Waals surface area (Å²) < 4.78 is 0. The molecule has 1 heterocycles. The molecule has 21 heavy (non-hydrogen) atoms. The van der Waals surface area contributed by atoms with Gasteiger partial charge in [0.2, 0.25) is 0 Å². The summed E-state index contributed by atoms with van der Waals surface area (Å²) in [6.07, 6.45) is 1.31. The van der Waals surface area contributed by atoms with Gasteiger partial charge in [0, 0.05) is 19.2 Å². The zero-order chi connectivity index (χ0) is 15.4. The first-order chi connectivity index (χ1) is 9.97. The fourth-order valence-electron chi connectivity index (χ4n) is 1.78. The van der Waals surface area contributed by atoms with E-state index in [0.717, 1.165) is 5.06 Å². The zero-order valence-corrected chi connectivity index (χ0v) is 12.2. The molecule has 0 radical (unpaired) electrons. The first-order valence-electron chi connectivity index (χ1n) is 6.61. The van der Waals surface area contributed by atoms with Crippen molar-refractivity contribution in [2.45, 2.75) is 26.7 Å². The van der Waals surface area contributed by atoms with Crippen LogP contribution >= 0.6 is 0 Å². The molecule has 0 saturated heterocycles. The van der Waals surface area contributed by atoms with E-state index in [9.17, 15) is 9.59 Å². The van der Waals surface area contributed by atoms with E-state index in [4.69, 9.17) is 4.84 Å². The van der Waals surface area contributed by atoms with Gasteiger partial charge in [0.05, 0.1) is 0 Å². The van der Waals surface area contributed by atoms with E-state index < -0.39 is 5.69 Å². The van der Waals surface area contributed by atoms with E-state index in [2.05, 4.69) is 23.8 Å².